The first-order valence-electron chi connectivity index (χ1n) is 29.8. The van der Waals surface area contributed by atoms with Gasteiger partial charge in [-0.15, -0.1) is 0 Å². The third-order valence-electron chi connectivity index (χ3n) is 15.7. The summed E-state index contributed by atoms with van der Waals surface area (Å²) in [6.07, 6.45) is 15.0. The fraction of sp³-hybridized carbons (Fsp3) is 0.574. The Balaban J connectivity index is 1.36. The van der Waals surface area contributed by atoms with Gasteiger partial charge in [0.2, 0.25) is 0 Å². The van der Waals surface area contributed by atoms with E-state index in [1.165, 1.54) is 34.6 Å². The van der Waals surface area contributed by atoms with E-state index in [-0.39, 0.29) is 24.2 Å². The Morgan fingerprint density at radius 3 is 1.20 bits per heavy atom. The number of ether oxygens (including phenoxy) is 12. The van der Waals surface area contributed by atoms with Crippen molar-refractivity contribution in [1.82, 2.24) is 0 Å². The van der Waals surface area contributed by atoms with Gasteiger partial charge in [-0.05, 0) is 82.8 Å². The van der Waals surface area contributed by atoms with E-state index in [0.29, 0.717) is 19.3 Å². The van der Waals surface area contributed by atoms with Gasteiger partial charge in [-0.25, -0.2) is 0 Å². The van der Waals surface area contributed by atoms with Crippen molar-refractivity contribution in [2.75, 3.05) is 13.2 Å². The standard InChI is InChI=1S/C68H92O21/c1-39(25-21-27-41(3)29-31-54-43(5)33-52(34-66(54,14)15)86-64-62(84-50(12)75)60(82-48(10)73)58(80-46(8)71)55(88-64)37-78-44(6)69)23-19-20-24-40(2)26-22-28-42(4)30-32-57(77)68(18)36-53(35-67(68,16)17)87-65-63(85-51(13)76)61(83-49(11)74)59(81-47(9)72)56(89-65)38-79-45(7)70/h19-32,52-53,55-56,58-65H,33-38H2,1-18H3/b20-19+,25-21+,26-22+,31-29+,32-30+,39-23+,40-24+,41-27+,42-28+/t52-,53+,55-,56-,58-,59-,60+,61+,62-,63-,64-,65-,68+/m1/s1. The maximum absolute atomic E-state index is 14.1. The predicted molar refractivity (Wildman–Crippen MR) is 326 cm³/mol. The molecule has 21 nitrogen and oxygen atoms in total. The summed E-state index contributed by atoms with van der Waals surface area (Å²) in [5, 5.41) is 0. The minimum Gasteiger partial charge on any atom is -0.463 e. The molecular formula is C68H92O21. The van der Waals surface area contributed by atoms with Crippen molar-refractivity contribution in [1.29, 1.82) is 0 Å². The molecule has 1 saturated carbocycles. The molecule has 2 aliphatic carbocycles. The van der Waals surface area contributed by atoms with Crippen LogP contribution < -0.4 is 0 Å². The highest BCUT2D eigenvalue weighted by Crippen LogP contribution is 2.55. The van der Waals surface area contributed by atoms with Crippen molar-refractivity contribution in [2.45, 2.75) is 224 Å². The van der Waals surface area contributed by atoms with Gasteiger partial charge in [0.1, 0.15) is 25.4 Å². The Hall–Kier alpha value is -7.33. The van der Waals surface area contributed by atoms with Crippen LogP contribution in [0.3, 0.4) is 0 Å². The van der Waals surface area contributed by atoms with E-state index >= 15 is 0 Å². The first kappa shape index (κ1) is 74.1. The molecule has 2 heterocycles. The summed E-state index contributed by atoms with van der Waals surface area (Å²) in [6.45, 7) is 28.6. The largest absolute Gasteiger partial charge is 0.463 e. The molecular weight excluding hydrogens is 1150 g/mol. The molecule has 490 valence electrons. The molecule has 0 aromatic heterocycles. The van der Waals surface area contributed by atoms with Gasteiger partial charge in [-0.3, -0.25) is 43.2 Å². The van der Waals surface area contributed by atoms with Crippen molar-refractivity contribution in [2.24, 2.45) is 16.2 Å². The molecule has 0 N–H and O–H groups in total. The molecule has 0 radical (unpaired) electrons. The Morgan fingerprint density at radius 2 is 0.798 bits per heavy atom. The van der Waals surface area contributed by atoms with Crippen molar-refractivity contribution < 1.29 is 100.0 Å². The van der Waals surface area contributed by atoms with E-state index in [9.17, 15) is 43.2 Å². The Bertz CT molecular complexity index is 2920. The molecule has 0 bridgehead atoms. The van der Waals surface area contributed by atoms with E-state index < -0.39 is 139 Å². The summed E-state index contributed by atoms with van der Waals surface area (Å²) < 4.78 is 69.2. The minimum absolute atomic E-state index is 0.119. The zero-order chi connectivity index (χ0) is 66.7. The summed E-state index contributed by atoms with van der Waals surface area (Å²) in [5.41, 5.74) is 4.24. The number of allylic oxidation sites excluding steroid dienone is 19. The van der Waals surface area contributed by atoms with Crippen molar-refractivity contribution in [3.63, 3.8) is 0 Å². The van der Waals surface area contributed by atoms with Gasteiger partial charge in [0.05, 0.1) is 12.2 Å². The van der Waals surface area contributed by atoms with Crippen LogP contribution >= 0.6 is 0 Å². The fourth-order valence-corrected chi connectivity index (χ4v) is 11.3. The number of rotatable bonds is 25. The lowest BCUT2D eigenvalue weighted by Crippen LogP contribution is -2.63. The van der Waals surface area contributed by atoms with Gasteiger partial charge in [-0.2, -0.15) is 0 Å². The highest BCUT2D eigenvalue weighted by molar-refractivity contribution is 5.96. The quantitative estimate of drug-likeness (QED) is 0.0356. The van der Waals surface area contributed by atoms with Crippen molar-refractivity contribution in [3.8, 4) is 0 Å². The minimum atomic E-state index is -1.38. The van der Waals surface area contributed by atoms with Crippen molar-refractivity contribution >= 4 is 53.5 Å². The first-order chi connectivity index (χ1) is 41.5. The van der Waals surface area contributed by atoms with Gasteiger partial charge >= 0.3 is 47.8 Å². The average molecular weight is 1250 g/mol. The molecule has 0 unspecified atom stereocenters. The monoisotopic (exact) mass is 1240 g/mol. The number of hydrogen-bond donors (Lipinski definition) is 0. The molecule has 0 spiro atoms. The molecule has 0 amide bonds. The van der Waals surface area contributed by atoms with E-state index in [2.05, 4.69) is 26.0 Å². The SMILES string of the molecule is CC(=O)OC[C@H]1O[C@@H](O[C@@H]2CC(C)=C(/C=C/C(C)=C/C=C/C(C)=C/C=C/C=C(C)/C=C/C=C(C)/C=C/C(=O)[C@]3(C)C[C@@H](O[C@@H]4O[C@H](COC(C)=O)[C@@H](OC(C)=O)[C@H](OC(C)=O)[C@H]4OC(C)=O)CC3(C)C)C(C)(C)C2)[C@H](OC(C)=O)[C@@H](OC(C)=O)[C@@H]1OC(C)=O. The Labute approximate surface area is 523 Å². The number of ketones is 1. The summed E-state index contributed by atoms with van der Waals surface area (Å²) in [4.78, 5) is 112. The van der Waals surface area contributed by atoms with Gasteiger partial charge in [0, 0.05) is 60.8 Å². The van der Waals surface area contributed by atoms with Gasteiger partial charge < -0.3 is 56.8 Å². The summed E-state index contributed by atoms with van der Waals surface area (Å²) >= 11 is 0. The molecule has 21 heteroatoms. The second kappa shape index (κ2) is 33.5. The average Bonchev–Trinajstić information content (AvgIpc) is 1.73. The summed E-state index contributed by atoms with van der Waals surface area (Å²) in [6, 6.07) is 0. The molecule has 4 rings (SSSR count). The van der Waals surface area contributed by atoms with Crippen LogP contribution in [0.5, 0.6) is 0 Å². The van der Waals surface area contributed by atoms with Gasteiger partial charge in [0.15, 0.2) is 55.0 Å². The number of carbonyl (C=O) groups is 9. The molecule has 3 fully saturated rings. The van der Waals surface area contributed by atoms with Gasteiger partial charge in [-0.1, -0.05) is 141 Å². The van der Waals surface area contributed by atoms with E-state index in [1.807, 2.05) is 116 Å². The Morgan fingerprint density at radius 1 is 0.427 bits per heavy atom. The molecule has 13 atom stereocenters. The van der Waals surface area contributed by atoms with E-state index in [0.717, 1.165) is 54.2 Å². The van der Waals surface area contributed by atoms with Crippen LogP contribution in [-0.2, 0) is 100.0 Å². The van der Waals surface area contributed by atoms with Crippen molar-refractivity contribution in [3.05, 3.63) is 119 Å². The highest BCUT2D eigenvalue weighted by atomic mass is 16.8. The normalized spacial score (nSPS) is 29.3. The molecule has 2 aliphatic heterocycles. The van der Waals surface area contributed by atoms with E-state index in [1.54, 1.807) is 12.2 Å². The number of esters is 8. The maximum atomic E-state index is 14.1. The van der Waals surface area contributed by atoms with E-state index in [4.69, 9.17) is 56.8 Å². The van der Waals surface area contributed by atoms with Crippen LogP contribution in [0.2, 0.25) is 0 Å². The van der Waals surface area contributed by atoms with Crippen LogP contribution in [0.1, 0.15) is 150 Å². The fourth-order valence-electron chi connectivity index (χ4n) is 11.3. The van der Waals surface area contributed by atoms with Crippen LogP contribution in [0, 0.1) is 16.2 Å². The van der Waals surface area contributed by atoms with Crippen LogP contribution in [0.15, 0.2) is 119 Å². The molecule has 0 aromatic carbocycles. The molecule has 2 saturated heterocycles. The molecule has 0 aromatic rings. The van der Waals surface area contributed by atoms with Gasteiger partial charge in [0.25, 0.3) is 0 Å². The summed E-state index contributed by atoms with van der Waals surface area (Å²) in [5.74, 6) is -5.76. The Kier molecular flexibility index (Phi) is 27.9. The lowest BCUT2D eigenvalue weighted by Gasteiger charge is -2.46. The summed E-state index contributed by atoms with van der Waals surface area (Å²) in [7, 11) is 0. The second-order valence-corrected chi connectivity index (χ2v) is 24.5. The third-order valence-corrected chi connectivity index (χ3v) is 15.7. The highest BCUT2D eigenvalue weighted by Gasteiger charge is 2.58. The smallest absolute Gasteiger partial charge is 0.303 e. The van der Waals surface area contributed by atoms with Crippen LogP contribution in [-0.4, -0.2) is 140 Å². The number of hydrogen-bond acceptors (Lipinski definition) is 21. The maximum Gasteiger partial charge on any atom is 0.303 e. The predicted octanol–water partition coefficient (Wildman–Crippen LogP) is 10.0. The molecule has 4 aliphatic rings. The zero-order valence-corrected chi connectivity index (χ0v) is 54.8. The second-order valence-electron chi connectivity index (χ2n) is 24.5. The van der Waals surface area contributed by atoms with Crippen LogP contribution in [0.4, 0.5) is 0 Å². The zero-order valence-electron chi connectivity index (χ0n) is 54.8. The lowest BCUT2D eigenvalue weighted by molar-refractivity contribution is -0.318. The topological polar surface area (TPSA) is 264 Å². The lowest BCUT2D eigenvalue weighted by atomic mass is 9.66. The molecule has 89 heavy (non-hydrogen) atoms. The first-order valence-corrected chi connectivity index (χ1v) is 29.8. The number of carbonyl (C=O) groups excluding carboxylic acids is 9. The van der Waals surface area contributed by atoms with Crippen LogP contribution in [0.25, 0.3) is 0 Å². The third kappa shape index (κ3) is 22.9.